The third kappa shape index (κ3) is 7.40. The molecule has 0 aliphatic carbocycles. The molecule has 0 amide bonds. The van der Waals surface area contributed by atoms with E-state index in [1.54, 1.807) is 6.08 Å². The first-order valence-corrected chi connectivity index (χ1v) is 3.70. The lowest BCUT2D eigenvalue weighted by Crippen LogP contribution is -2.19. The second-order valence-electron chi connectivity index (χ2n) is 2.39. The Labute approximate surface area is 71.5 Å². The highest BCUT2D eigenvalue weighted by molar-refractivity contribution is 5.87. The smallest absolute Gasteiger partial charge is 0.152 e. The summed E-state index contributed by atoms with van der Waals surface area (Å²) in [5.74, 6) is -0.0405. The van der Waals surface area contributed by atoms with Crippen LogP contribution in [0.5, 0.6) is 0 Å². The van der Waals surface area contributed by atoms with Crippen LogP contribution in [0.3, 0.4) is 0 Å². The zero-order valence-electron chi connectivity index (χ0n) is 7.06. The van der Waals surface area contributed by atoms with E-state index in [2.05, 4.69) is 0 Å². The lowest BCUT2D eigenvalue weighted by atomic mass is 10.4. The Morgan fingerprint density at radius 3 is 2.83 bits per heavy atom. The molecule has 0 saturated carbocycles. The number of aliphatic hydroxyl groups is 2. The van der Waals surface area contributed by atoms with Gasteiger partial charge in [0.05, 0.1) is 19.8 Å². The Morgan fingerprint density at radius 1 is 1.67 bits per heavy atom. The van der Waals surface area contributed by atoms with E-state index < -0.39 is 6.10 Å². The van der Waals surface area contributed by atoms with Gasteiger partial charge in [0.25, 0.3) is 0 Å². The summed E-state index contributed by atoms with van der Waals surface area (Å²) >= 11 is 0. The number of aliphatic hydroxyl groups excluding tert-OH is 2. The topological polar surface area (TPSA) is 66.8 Å². The number of hydrogen-bond acceptors (Lipinski definition) is 4. The molecule has 2 N–H and O–H groups in total. The van der Waals surface area contributed by atoms with E-state index in [-0.39, 0.29) is 25.6 Å². The quantitative estimate of drug-likeness (QED) is 0.421. The van der Waals surface area contributed by atoms with Gasteiger partial charge in [-0.3, -0.25) is 4.79 Å². The Bertz CT molecular complexity index is 153. The minimum atomic E-state index is -0.837. The Morgan fingerprint density at radius 2 is 2.33 bits per heavy atom. The van der Waals surface area contributed by atoms with E-state index >= 15 is 0 Å². The highest BCUT2D eigenvalue weighted by Gasteiger charge is 1.99. The van der Waals surface area contributed by atoms with Crippen LogP contribution in [-0.2, 0) is 9.53 Å². The van der Waals surface area contributed by atoms with E-state index in [4.69, 9.17) is 14.9 Å². The number of carbonyl (C=O) groups is 1. The highest BCUT2D eigenvalue weighted by Crippen LogP contribution is 1.84. The molecule has 12 heavy (non-hydrogen) atoms. The molecule has 0 fully saturated rings. The van der Waals surface area contributed by atoms with Gasteiger partial charge in [0.2, 0.25) is 0 Å². The van der Waals surface area contributed by atoms with Crippen molar-refractivity contribution < 1.29 is 19.7 Å². The van der Waals surface area contributed by atoms with Crippen LogP contribution < -0.4 is 0 Å². The van der Waals surface area contributed by atoms with Crippen molar-refractivity contribution >= 4 is 5.78 Å². The lowest BCUT2D eigenvalue weighted by Gasteiger charge is -2.05. The van der Waals surface area contributed by atoms with Crippen molar-refractivity contribution in [3.63, 3.8) is 0 Å². The molecular weight excluding hydrogens is 160 g/mol. The molecule has 0 rings (SSSR count). The zero-order chi connectivity index (χ0) is 9.40. The second kappa shape index (κ2) is 6.97. The third-order valence-corrected chi connectivity index (χ3v) is 1.09. The third-order valence-electron chi connectivity index (χ3n) is 1.09. The molecule has 0 saturated heterocycles. The summed E-state index contributed by atoms with van der Waals surface area (Å²) in [5.41, 5.74) is 0. The number of hydrogen-bond donors (Lipinski definition) is 2. The van der Waals surface area contributed by atoms with Crippen LogP contribution in [0, 0.1) is 0 Å². The van der Waals surface area contributed by atoms with E-state index in [9.17, 15) is 4.79 Å². The van der Waals surface area contributed by atoms with E-state index in [0.29, 0.717) is 0 Å². The maximum Gasteiger partial charge on any atom is 0.152 e. The predicted octanol–water partition coefficient (Wildman–Crippen LogP) is -0.499. The van der Waals surface area contributed by atoms with Crippen molar-refractivity contribution in [3.8, 4) is 0 Å². The number of allylic oxidation sites excluding steroid dienone is 1. The minimum absolute atomic E-state index is 0.0405. The molecule has 0 aromatic rings. The van der Waals surface area contributed by atoms with E-state index in [1.807, 2.05) is 0 Å². The first-order valence-electron chi connectivity index (χ1n) is 3.70. The van der Waals surface area contributed by atoms with Crippen LogP contribution in [-0.4, -0.2) is 41.9 Å². The molecule has 0 aromatic carbocycles. The Hall–Kier alpha value is -0.710. The van der Waals surface area contributed by atoms with Crippen molar-refractivity contribution in [2.45, 2.75) is 13.0 Å². The molecule has 4 nitrogen and oxygen atoms in total. The monoisotopic (exact) mass is 174 g/mol. The van der Waals surface area contributed by atoms with Crippen LogP contribution in [0.4, 0.5) is 0 Å². The van der Waals surface area contributed by atoms with Crippen molar-refractivity contribution in [3.05, 3.63) is 12.2 Å². The Balaban J connectivity index is 3.26. The molecule has 0 radical (unpaired) electrons. The van der Waals surface area contributed by atoms with Gasteiger partial charge in [-0.15, -0.1) is 0 Å². The van der Waals surface area contributed by atoms with Crippen LogP contribution in [0.2, 0.25) is 0 Å². The molecule has 4 heteroatoms. The van der Waals surface area contributed by atoms with Crippen LogP contribution in [0.25, 0.3) is 0 Å². The summed E-state index contributed by atoms with van der Waals surface area (Å²) in [6.45, 7) is 1.49. The SMILES string of the molecule is CC(=O)C=CCOCC(O)CO. The van der Waals surface area contributed by atoms with Crippen molar-refractivity contribution in [2.24, 2.45) is 0 Å². The van der Waals surface area contributed by atoms with Gasteiger partial charge in [0.15, 0.2) is 5.78 Å². The summed E-state index contributed by atoms with van der Waals surface area (Å²) < 4.78 is 4.89. The number of carbonyl (C=O) groups excluding carboxylic acids is 1. The van der Waals surface area contributed by atoms with Crippen LogP contribution >= 0.6 is 0 Å². The molecule has 1 atom stereocenters. The van der Waals surface area contributed by atoms with Crippen LogP contribution in [0.15, 0.2) is 12.2 Å². The number of ether oxygens (including phenoxy) is 1. The van der Waals surface area contributed by atoms with Gasteiger partial charge in [-0.05, 0) is 13.0 Å². The summed E-state index contributed by atoms with van der Waals surface area (Å²) in [7, 11) is 0. The molecule has 0 heterocycles. The van der Waals surface area contributed by atoms with Gasteiger partial charge in [-0.25, -0.2) is 0 Å². The predicted molar refractivity (Wildman–Crippen MR) is 43.7 cm³/mol. The van der Waals surface area contributed by atoms with Gasteiger partial charge in [-0.2, -0.15) is 0 Å². The van der Waals surface area contributed by atoms with Gasteiger partial charge >= 0.3 is 0 Å². The maximum absolute atomic E-state index is 10.4. The fraction of sp³-hybridized carbons (Fsp3) is 0.625. The van der Waals surface area contributed by atoms with Crippen molar-refractivity contribution in [1.82, 2.24) is 0 Å². The van der Waals surface area contributed by atoms with Crippen molar-refractivity contribution in [1.29, 1.82) is 0 Å². The summed E-state index contributed by atoms with van der Waals surface area (Å²) in [4.78, 5) is 10.4. The lowest BCUT2D eigenvalue weighted by molar-refractivity contribution is -0.112. The zero-order valence-corrected chi connectivity index (χ0v) is 7.06. The van der Waals surface area contributed by atoms with E-state index in [0.717, 1.165) is 0 Å². The molecule has 1 unspecified atom stereocenters. The first kappa shape index (κ1) is 11.3. The minimum Gasteiger partial charge on any atom is -0.394 e. The van der Waals surface area contributed by atoms with Gasteiger partial charge in [0.1, 0.15) is 6.10 Å². The summed E-state index contributed by atoms with van der Waals surface area (Å²) in [5, 5.41) is 17.2. The first-order chi connectivity index (χ1) is 5.66. The summed E-state index contributed by atoms with van der Waals surface area (Å²) in [6, 6.07) is 0. The average molecular weight is 174 g/mol. The number of rotatable bonds is 6. The van der Waals surface area contributed by atoms with E-state index in [1.165, 1.54) is 13.0 Å². The molecular formula is C8H14O4. The van der Waals surface area contributed by atoms with Gasteiger partial charge in [-0.1, -0.05) is 6.08 Å². The molecule has 0 aromatic heterocycles. The molecule has 0 spiro atoms. The molecule has 70 valence electrons. The summed E-state index contributed by atoms with van der Waals surface area (Å²) in [6.07, 6.45) is 2.12. The van der Waals surface area contributed by atoms with Gasteiger partial charge in [0, 0.05) is 0 Å². The molecule has 0 aliphatic heterocycles. The standard InChI is InChI=1S/C8H14O4/c1-7(10)3-2-4-12-6-8(11)5-9/h2-3,8-9,11H,4-6H2,1H3. The fourth-order valence-electron chi connectivity index (χ4n) is 0.539. The normalized spacial score (nSPS) is 13.6. The number of ketones is 1. The van der Waals surface area contributed by atoms with Crippen molar-refractivity contribution in [2.75, 3.05) is 19.8 Å². The molecule has 0 bridgehead atoms. The Kier molecular flexibility index (Phi) is 6.55. The van der Waals surface area contributed by atoms with Gasteiger partial charge < -0.3 is 14.9 Å². The second-order valence-corrected chi connectivity index (χ2v) is 2.39. The molecule has 0 aliphatic rings. The average Bonchev–Trinajstić information content (AvgIpc) is 2.03. The maximum atomic E-state index is 10.4. The fourth-order valence-corrected chi connectivity index (χ4v) is 0.539. The van der Waals surface area contributed by atoms with Crippen LogP contribution in [0.1, 0.15) is 6.92 Å². The highest BCUT2D eigenvalue weighted by atomic mass is 16.5. The largest absolute Gasteiger partial charge is 0.394 e.